The summed E-state index contributed by atoms with van der Waals surface area (Å²) in [6.45, 7) is 6.93. The topological polar surface area (TPSA) is 15.8 Å². The van der Waals surface area contributed by atoms with E-state index in [0.717, 1.165) is 0 Å². The number of hydrogen-bond acceptors (Lipinski definition) is 1. The molecule has 0 amide bonds. The van der Waals surface area contributed by atoms with Gasteiger partial charge in [0.1, 0.15) is 0 Å². The summed E-state index contributed by atoms with van der Waals surface area (Å²) in [5, 5.41) is 1.63. The monoisotopic (exact) mass is 385 g/mol. The molecule has 0 saturated carbocycles. The molecule has 1 heterocycles. The van der Waals surface area contributed by atoms with Gasteiger partial charge in [-0.05, 0) is 22.8 Å². The van der Waals surface area contributed by atoms with Crippen LogP contribution < -0.4 is 0 Å². The lowest BCUT2D eigenvalue weighted by atomic mass is 9.85. The number of aromatic amines is 1. The molecular formula is C26H27NS. The average Bonchev–Trinajstić information content (AvgIpc) is 3.12. The van der Waals surface area contributed by atoms with Crippen molar-refractivity contribution in [3.8, 4) is 0 Å². The van der Waals surface area contributed by atoms with Crippen LogP contribution in [-0.4, -0.2) is 9.73 Å². The molecule has 0 aliphatic carbocycles. The van der Waals surface area contributed by atoms with Crippen molar-refractivity contribution < 1.29 is 0 Å². The van der Waals surface area contributed by atoms with E-state index in [1.54, 1.807) is 0 Å². The third-order valence-corrected chi connectivity index (χ3v) is 6.53. The van der Waals surface area contributed by atoms with E-state index >= 15 is 0 Å². The third-order valence-electron chi connectivity index (χ3n) is 5.03. The van der Waals surface area contributed by atoms with Crippen LogP contribution in [0.5, 0.6) is 0 Å². The second kappa shape index (κ2) is 7.89. The predicted molar refractivity (Wildman–Crippen MR) is 123 cm³/mol. The summed E-state index contributed by atoms with van der Waals surface area (Å²) in [6, 6.07) is 30.5. The van der Waals surface area contributed by atoms with Crippen molar-refractivity contribution in [2.24, 2.45) is 0 Å². The van der Waals surface area contributed by atoms with Crippen molar-refractivity contribution in [1.29, 1.82) is 0 Å². The molecule has 28 heavy (non-hydrogen) atoms. The lowest BCUT2D eigenvalue weighted by molar-refractivity contribution is 0.747. The molecule has 4 aromatic rings. The van der Waals surface area contributed by atoms with Gasteiger partial charge in [-0.25, -0.2) is 0 Å². The number of para-hydroxylation sites is 1. The van der Waals surface area contributed by atoms with Crippen LogP contribution in [0, 0.1) is 0 Å². The van der Waals surface area contributed by atoms with Crippen molar-refractivity contribution >= 4 is 22.7 Å². The van der Waals surface area contributed by atoms with E-state index < -0.39 is 0 Å². The largest absolute Gasteiger partial charge is 0.361 e. The van der Waals surface area contributed by atoms with Crippen molar-refractivity contribution in [3.63, 3.8) is 0 Å². The van der Waals surface area contributed by atoms with Gasteiger partial charge in [-0.2, -0.15) is 0 Å². The van der Waals surface area contributed by atoms with Gasteiger partial charge in [-0.3, -0.25) is 0 Å². The number of benzene rings is 3. The molecule has 0 radical (unpaired) electrons. The van der Waals surface area contributed by atoms with E-state index in [0.29, 0.717) is 5.25 Å². The maximum Gasteiger partial charge on any atom is 0.0457 e. The van der Waals surface area contributed by atoms with Crippen molar-refractivity contribution in [1.82, 2.24) is 4.98 Å². The fourth-order valence-corrected chi connectivity index (χ4v) is 5.38. The molecule has 0 aliphatic heterocycles. The minimum atomic E-state index is 0.152. The van der Waals surface area contributed by atoms with E-state index in [1.807, 2.05) is 0 Å². The normalized spacial score (nSPS) is 14.1. The van der Waals surface area contributed by atoms with Gasteiger partial charge in [-0.1, -0.05) is 99.6 Å². The Balaban J connectivity index is 1.92. The Morgan fingerprint density at radius 3 is 1.93 bits per heavy atom. The average molecular weight is 386 g/mol. The highest BCUT2D eigenvalue weighted by atomic mass is 32.2. The second-order valence-electron chi connectivity index (χ2n) is 8.24. The van der Waals surface area contributed by atoms with E-state index in [1.165, 1.54) is 27.6 Å². The molecular weight excluding hydrogens is 358 g/mol. The van der Waals surface area contributed by atoms with Gasteiger partial charge >= 0.3 is 0 Å². The molecule has 0 fully saturated rings. The summed E-state index contributed by atoms with van der Waals surface area (Å²) in [4.78, 5) is 3.50. The SMILES string of the molecule is CC(C)(C)S[C@@H](c1ccccc1)[C@H](c1ccccc1)c1c[nH]c2ccccc12. The van der Waals surface area contributed by atoms with Crippen LogP contribution in [-0.2, 0) is 0 Å². The van der Waals surface area contributed by atoms with Crippen molar-refractivity contribution in [2.45, 2.75) is 36.7 Å². The van der Waals surface area contributed by atoms with E-state index in [2.05, 4.69) is 129 Å². The Kier molecular flexibility index (Phi) is 5.32. The highest BCUT2D eigenvalue weighted by Gasteiger charge is 2.32. The summed E-state index contributed by atoms with van der Waals surface area (Å²) in [5.74, 6) is 0.268. The number of H-pyrrole nitrogens is 1. The summed E-state index contributed by atoms with van der Waals surface area (Å²) in [5.41, 5.74) is 5.30. The minimum absolute atomic E-state index is 0.152. The van der Waals surface area contributed by atoms with Gasteiger partial charge in [0.25, 0.3) is 0 Å². The van der Waals surface area contributed by atoms with Crippen LogP contribution in [0.3, 0.4) is 0 Å². The Morgan fingerprint density at radius 1 is 0.714 bits per heavy atom. The Labute approximate surface area is 172 Å². The lowest BCUT2D eigenvalue weighted by Gasteiger charge is -2.33. The molecule has 0 unspecified atom stereocenters. The van der Waals surface area contributed by atoms with Gasteiger partial charge in [0, 0.05) is 33.0 Å². The molecule has 3 aromatic carbocycles. The highest BCUT2D eigenvalue weighted by molar-refractivity contribution is 8.00. The van der Waals surface area contributed by atoms with Crippen LogP contribution >= 0.6 is 11.8 Å². The number of fused-ring (bicyclic) bond motifs is 1. The zero-order chi connectivity index (χ0) is 19.6. The first-order valence-electron chi connectivity index (χ1n) is 9.87. The summed E-state index contributed by atoms with van der Waals surface area (Å²) in [7, 11) is 0. The van der Waals surface area contributed by atoms with Crippen LogP contribution in [0.1, 0.15) is 48.6 Å². The van der Waals surface area contributed by atoms with Crippen LogP contribution in [0.2, 0.25) is 0 Å². The number of hydrogen-bond donors (Lipinski definition) is 1. The maximum atomic E-state index is 3.50. The van der Waals surface area contributed by atoms with Crippen LogP contribution in [0.4, 0.5) is 0 Å². The van der Waals surface area contributed by atoms with Crippen LogP contribution in [0.15, 0.2) is 91.1 Å². The van der Waals surface area contributed by atoms with Gasteiger partial charge in [-0.15, -0.1) is 11.8 Å². The number of aromatic nitrogens is 1. The van der Waals surface area contributed by atoms with Crippen LogP contribution in [0.25, 0.3) is 10.9 Å². The van der Waals surface area contributed by atoms with E-state index in [4.69, 9.17) is 0 Å². The van der Waals surface area contributed by atoms with Crippen molar-refractivity contribution in [3.05, 3.63) is 108 Å². The smallest absolute Gasteiger partial charge is 0.0457 e. The van der Waals surface area contributed by atoms with Gasteiger partial charge in [0.05, 0.1) is 0 Å². The molecule has 2 atom stereocenters. The molecule has 4 rings (SSSR count). The zero-order valence-corrected chi connectivity index (χ0v) is 17.5. The molecule has 1 aromatic heterocycles. The quantitative estimate of drug-likeness (QED) is 0.374. The van der Waals surface area contributed by atoms with E-state index in [9.17, 15) is 0 Å². The van der Waals surface area contributed by atoms with Gasteiger partial charge < -0.3 is 4.98 Å². The summed E-state index contributed by atoms with van der Waals surface area (Å²) < 4.78 is 0.152. The highest BCUT2D eigenvalue weighted by Crippen LogP contribution is 2.51. The molecule has 2 heteroatoms. The molecule has 1 N–H and O–H groups in total. The fraction of sp³-hybridized carbons (Fsp3) is 0.231. The Morgan fingerprint density at radius 2 is 1.29 bits per heavy atom. The Hall–Kier alpha value is -2.45. The van der Waals surface area contributed by atoms with Gasteiger partial charge in [0.2, 0.25) is 0 Å². The molecule has 0 bridgehead atoms. The third kappa shape index (κ3) is 4.02. The molecule has 0 saturated heterocycles. The van der Waals surface area contributed by atoms with Crippen molar-refractivity contribution in [2.75, 3.05) is 0 Å². The zero-order valence-electron chi connectivity index (χ0n) is 16.7. The summed E-state index contributed by atoms with van der Waals surface area (Å²) in [6.07, 6.45) is 2.21. The number of thioether (sulfide) groups is 1. The lowest BCUT2D eigenvalue weighted by Crippen LogP contribution is -2.17. The summed E-state index contributed by atoms with van der Waals surface area (Å²) >= 11 is 2.05. The first-order valence-corrected chi connectivity index (χ1v) is 10.7. The minimum Gasteiger partial charge on any atom is -0.361 e. The number of nitrogens with one attached hydrogen (secondary N) is 1. The van der Waals surface area contributed by atoms with Gasteiger partial charge in [0.15, 0.2) is 0 Å². The first-order chi connectivity index (χ1) is 13.5. The molecule has 142 valence electrons. The fourth-order valence-electron chi connectivity index (χ4n) is 3.88. The first kappa shape index (κ1) is 18.9. The molecule has 0 spiro atoms. The molecule has 0 aliphatic rings. The second-order valence-corrected chi connectivity index (χ2v) is 10.2. The predicted octanol–water partition coefficient (Wildman–Crippen LogP) is 7.57. The van der Waals surface area contributed by atoms with E-state index in [-0.39, 0.29) is 10.7 Å². The maximum absolute atomic E-state index is 3.50. The molecule has 1 nitrogen and oxygen atoms in total. The Bertz CT molecular complexity index is 1030. The standard InChI is InChI=1S/C26H27NS/c1-26(2,3)28-25(20-14-8-5-9-15-20)24(19-12-6-4-7-13-19)22-18-27-23-17-11-10-16-21(22)23/h4-18,24-25,27H,1-3H3/t24-,25+/m1/s1. The number of rotatable bonds is 5.